The molecule has 1 fully saturated rings. The second-order valence-corrected chi connectivity index (χ2v) is 6.08. The summed E-state index contributed by atoms with van der Waals surface area (Å²) >= 11 is 0. The molecular formula is C14H25NO5. The highest BCUT2D eigenvalue weighted by molar-refractivity contribution is 5.75. The Kier molecular flexibility index (Phi) is 5.80. The molecule has 0 aromatic heterocycles. The predicted octanol–water partition coefficient (Wildman–Crippen LogP) is 1.60. The van der Waals surface area contributed by atoms with E-state index in [0.717, 1.165) is 0 Å². The number of carbonyl (C=O) groups excluding carboxylic acids is 2. The van der Waals surface area contributed by atoms with E-state index in [1.807, 2.05) is 0 Å². The molecule has 0 aromatic carbocycles. The molecule has 0 aliphatic heterocycles. The van der Waals surface area contributed by atoms with Crippen molar-refractivity contribution in [1.29, 1.82) is 0 Å². The van der Waals surface area contributed by atoms with Crippen LogP contribution in [0.3, 0.4) is 0 Å². The van der Waals surface area contributed by atoms with Crippen LogP contribution in [0, 0.1) is 5.92 Å². The second-order valence-electron chi connectivity index (χ2n) is 6.08. The first-order chi connectivity index (χ1) is 9.23. The van der Waals surface area contributed by atoms with Crippen molar-refractivity contribution in [2.24, 2.45) is 5.92 Å². The first-order valence-electron chi connectivity index (χ1n) is 7.07. The molecule has 6 nitrogen and oxygen atoms in total. The molecule has 1 aliphatic rings. The number of carbonyl (C=O) groups is 2. The number of nitrogens with one attached hydrogen (secondary N) is 1. The zero-order valence-corrected chi connectivity index (χ0v) is 12.6. The quantitative estimate of drug-likeness (QED) is 0.770. The van der Waals surface area contributed by atoms with Crippen LogP contribution in [0.25, 0.3) is 0 Å². The van der Waals surface area contributed by atoms with E-state index in [9.17, 15) is 14.7 Å². The van der Waals surface area contributed by atoms with Gasteiger partial charge in [-0.1, -0.05) is 0 Å². The summed E-state index contributed by atoms with van der Waals surface area (Å²) in [6.45, 7) is 7.35. The van der Waals surface area contributed by atoms with Gasteiger partial charge in [0.05, 0.1) is 18.6 Å². The molecule has 20 heavy (non-hydrogen) atoms. The molecule has 0 aromatic rings. The van der Waals surface area contributed by atoms with Crippen molar-refractivity contribution in [2.45, 2.75) is 64.7 Å². The number of aliphatic hydroxyl groups is 1. The highest BCUT2D eigenvalue weighted by atomic mass is 16.6. The lowest BCUT2D eigenvalue weighted by Gasteiger charge is -2.33. The molecule has 0 unspecified atom stereocenters. The summed E-state index contributed by atoms with van der Waals surface area (Å²) in [5.41, 5.74) is -0.586. The first-order valence-corrected chi connectivity index (χ1v) is 7.07. The maximum Gasteiger partial charge on any atom is 0.407 e. The first kappa shape index (κ1) is 16.8. The molecule has 0 saturated heterocycles. The van der Waals surface area contributed by atoms with Gasteiger partial charge in [0.2, 0.25) is 0 Å². The van der Waals surface area contributed by atoms with Gasteiger partial charge in [-0.3, -0.25) is 4.79 Å². The minimum absolute atomic E-state index is 0.282. The van der Waals surface area contributed by atoms with E-state index < -0.39 is 23.7 Å². The van der Waals surface area contributed by atoms with Crippen molar-refractivity contribution in [2.75, 3.05) is 6.61 Å². The smallest absolute Gasteiger partial charge is 0.407 e. The Morgan fingerprint density at radius 3 is 2.50 bits per heavy atom. The standard InChI is InChI=1S/C14H25NO5/c1-5-19-12(17)10-8-9(16)6-7-11(10)15-13(18)20-14(2,3)4/h9-11,16H,5-8H2,1-4H3,(H,15,18)/t9-,10-,11-/m0/s1. The number of hydrogen-bond donors (Lipinski definition) is 2. The van der Waals surface area contributed by atoms with Gasteiger partial charge in [0.15, 0.2) is 0 Å². The SMILES string of the molecule is CCOC(=O)[C@H]1C[C@@H](O)CC[C@@H]1NC(=O)OC(C)(C)C. The average Bonchev–Trinajstić information content (AvgIpc) is 2.29. The van der Waals surface area contributed by atoms with Gasteiger partial charge >= 0.3 is 12.1 Å². The second kappa shape index (κ2) is 6.92. The molecule has 0 bridgehead atoms. The Hall–Kier alpha value is -1.30. The molecule has 1 saturated carbocycles. The summed E-state index contributed by atoms with van der Waals surface area (Å²) in [5.74, 6) is -0.904. The van der Waals surface area contributed by atoms with Crippen molar-refractivity contribution in [3.05, 3.63) is 0 Å². The Morgan fingerprint density at radius 2 is 1.95 bits per heavy atom. The summed E-state index contributed by atoms with van der Waals surface area (Å²) < 4.78 is 10.2. The van der Waals surface area contributed by atoms with Crippen molar-refractivity contribution < 1.29 is 24.2 Å². The number of esters is 1. The highest BCUT2D eigenvalue weighted by Crippen LogP contribution is 2.26. The van der Waals surface area contributed by atoms with Gasteiger partial charge in [-0.25, -0.2) is 4.79 Å². The number of hydrogen-bond acceptors (Lipinski definition) is 5. The number of amides is 1. The normalized spacial score (nSPS) is 26.8. The zero-order chi connectivity index (χ0) is 15.3. The monoisotopic (exact) mass is 287 g/mol. The van der Waals surface area contributed by atoms with Crippen LogP contribution >= 0.6 is 0 Å². The fraction of sp³-hybridized carbons (Fsp3) is 0.857. The van der Waals surface area contributed by atoms with E-state index in [-0.39, 0.29) is 18.6 Å². The fourth-order valence-corrected chi connectivity index (χ4v) is 2.29. The van der Waals surface area contributed by atoms with E-state index in [1.165, 1.54) is 0 Å². The summed E-state index contributed by atoms with van der Waals surface area (Å²) in [5, 5.41) is 12.4. The number of rotatable bonds is 3. The average molecular weight is 287 g/mol. The topological polar surface area (TPSA) is 84.9 Å². The van der Waals surface area contributed by atoms with Crippen LogP contribution < -0.4 is 5.32 Å². The van der Waals surface area contributed by atoms with E-state index in [1.54, 1.807) is 27.7 Å². The molecule has 0 spiro atoms. The van der Waals surface area contributed by atoms with Crippen molar-refractivity contribution in [3.8, 4) is 0 Å². The maximum absolute atomic E-state index is 11.9. The van der Waals surface area contributed by atoms with Crippen LogP contribution in [-0.4, -0.2) is 41.5 Å². The summed E-state index contributed by atoms with van der Waals surface area (Å²) in [6.07, 6.45) is 0.314. The molecule has 1 rings (SSSR count). The Labute approximate surface area is 119 Å². The van der Waals surface area contributed by atoms with E-state index in [0.29, 0.717) is 19.3 Å². The largest absolute Gasteiger partial charge is 0.466 e. The van der Waals surface area contributed by atoms with E-state index in [2.05, 4.69) is 5.32 Å². The summed E-state index contributed by atoms with van der Waals surface area (Å²) in [7, 11) is 0. The van der Waals surface area contributed by atoms with Crippen LogP contribution in [0.2, 0.25) is 0 Å². The molecule has 0 radical (unpaired) electrons. The van der Waals surface area contributed by atoms with Crippen molar-refractivity contribution >= 4 is 12.1 Å². The lowest BCUT2D eigenvalue weighted by Crippen LogP contribution is -2.49. The Morgan fingerprint density at radius 1 is 1.30 bits per heavy atom. The van der Waals surface area contributed by atoms with E-state index in [4.69, 9.17) is 9.47 Å². The third kappa shape index (κ3) is 5.36. The zero-order valence-electron chi connectivity index (χ0n) is 12.6. The third-order valence-electron chi connectivity index (χ3n) is 3.11. The van der Waals surface area contributed by atoms with Gasteiger partial charge < -0.3 is 19.9 Å². The van der Waals surface area contributed by atoms with Crippen LogP contribution in [0.15, 0.2) is 0 Å². The third-order valence-corrected chi connectivity index (χ3v) is 3.11. The Balaban J connectivity index is 2.64. The van der Waals surface area contributed by atoms with Gasteiger partial charge in [0.25, 0.3) is 0 Å². The van der Waals surface area contributed by atoms with Crippen LogP contribution in [0.5, 0.6) is 0 Å². The van der Waals surface area contributed by atoms with Crippen LogP contribution in [-0.2, 0) is 14.3 Å². The highest BCUT2D eigenvalue weighted by Gasteiger charge is 2.37. The molecule has 1 amide bonds. The molecule has 1 aliphatic carbocycles. The van der Waals surface area contributed by atoms with Gasteiger partial charge in [-0.15, -0.1) is 0 Å². The summed E-state index contributed by atoms with van der Waals surface area (Å²) in [6, 6.07) is -0.354. The molecule has 3 atom stereocenters. The predicted molar refractivity (Wildman–Crippen MR) is 73.1 cm³/mol. The van der Waals surface area contributed by atoms with Crippen molar-refractivity contribution in [3.63, 3.8) is 0 Å². The van der Waals surface area contributed by atoms with Gasteiger partial charge in [-0.05, 0) is 47.0 Å². The molecule has 6 heteroatoms. The van der Waals surface area contributed by atoms with E-state index >= 15 is 0 Å². The van der Waals surface area contributed by atoms with Crippen molar-refractivity contribution in [1.82, 2.24) is 5.32 Å². The van der Waals surface area contributed by atoms with Gasteiger partial charge in [0.1, 0.15) is 5.60 Å². The summed E-state index contributed by atoms with van der Waals surface area (Å²) in [4.78, 5) is 23.7. The molecule has 116 valence electrons. The van der Waals surface area contributed by atoms with Gasteiger partial charge in [-0.2, -0.15) is 0 Å². The molecule has 2 N–H and O–H groups in total. The number of aliphatic hydroxyl groups excluding tert-OH is 1. The maximum atomic E-state index is 11.9. The molecule has 0 heterocycles. The van der Waals surface area contributed by atoms with Crippen LogP contribution in [0.4, 0.5) is 4.79 Å². The minimum Gasteiger partial charge on any atom is -0.466 e. The lowest BCUT2D eigenvalue weighted by atomic mass is 9.83. The fourth-order valence-electron chi connectivity index (χ4n) is 2.29. The number of ether oxygens (including phenoxy) is 2. The Bertz CT molecular complexity index is 350. The molecular weight excluding hydrogens is 262 g/mol. The lowest BCUT2D eigenvalue weighted by molar-refractivity contribution is -0.151. The minimum atomic E-state index is -0.586. The van der Waals surface area contributed by atoms with Gasteiger partial charge in [0, 0.05) is 6.04 Å². The van der Waals surface area contributed by atoms with Crippen LogP contribution in [0.1, 0.15) is 47.0 Å². The number of alkyl carbamates (subject to hydrolysis) is 1.